The molecule has 0 saturated carbocycles. The number of carboxylic acid groups (broad SMARTS) is 1. The van der Waals surface area contributed by atoms with E-state index in [1.54, 1.807) is 31.2 Å². The number of halogens is 3. The summed E-state index contributed by atoms with van der Waals surface area (Å²) in [6, 6.07) is 11.5. The summed E-state index contributed by atoms with van der Waals surface area (Å²) in [6.07, 6.45) is -4.18. The molecule has 2 aromatic carbocycles. The van der Waals surface area contributed by atoms with Crippen LogP contribution >= 0.6 is 0 Å². The third-order valence-corrected chi connectivity index (χ3v) is 4.46. The zero-order valence-electron chi connectivity index (χ0n) is 15.5. The number of hydrogen-bond donors (Lipinski definition) is 1. The monoisotopic (exact) mass is 408 g/mol. The van der Waals surface area contributed by atoms with Crippen molar-refractivity contribution in [2.45, 2.75) is 25.6 Å². The highest BCUT2D eigenvalue weighted by Crippen LogP contribution is 2.37. The minimum absolute atomic E-state index is 0.276. The van der Waals surface area contributed by atoms with Crippen molar-refractivity contribution in [3.8, 4) is 11.5 Å². The Labute approximate surface area is 165 Å². The molecule has 0 fully saturated rings. The summed E-state index contributed by atoms with van der Waals surface area (Å²) in [5, 5.41) is 8.60. The van der Waals surface area contributed by atoms with Crippen LogP contribution in [0.2, 0.25) is 0 Å². The molecule has 3 rings (SSSR count). The second kappa shape index (κ2) is 8.46. The maximum Gasteiger partial charge on any atom is 0.416 e. The molecule has 154 valence electrons. The summed E-state index contributed by atoms with van der Waals surface area (Å²) >= 11 is 0. The first-order valence-electron chi connectivity index (χ1n) is 8.82. The molecule has 2 aromatic rings. The van der Waals surface area contributed by atoms with Crippen LogP contribution in [0.3, 0.4) is 0 Å². The van der Waals surface area contributed by atoms with Gasteiger partial charge in [-0.1, -0.05) is 12.1 Å². The minimum atomic E-state index is -4.36. The third-order valence-electron chi connectivity index (χ3n) is 4.46. The van der Waals surface area contributed by atoms with Crippen molar-refractivity contribution in [2.24, 2.45) is 0 Å². The molecular formula is C21H19F3O5. The number of carboxylic acids is 1. The van der Waals surface area contributed by atoms with E-state index in [0.717, 1.165) is 17.7 Å². The quantitative estimate of drug-likeness (QED) is 0.700. The van der Waals surface area contributed by atoms with Crippen LogP contribution in [0.15, 0.2) is 59.9 Å². The van der Waals surface area contributed by atoms with Crippen LogP contribution in [0, 0.1) is 0 Å². The zero-order chi connectivity index (χ0) is 21.0. The smallest absolute Gasteiger partial charge is 0.416 e. The molecule has 1 aliphatic heterocycles. The van der Waals surface area contributed by atoms with E-state index >= 15 is 0 Å². The summed E-state index contributed by atoms with van der Waals surface area (Å²) in [7, 11) is 0. The van der Waals surface area contributed by atoms with Crippen LogP contribution in [-0.2, 0) is 15.7 Å². The summed E-state index contributed by atoms with van der Waals surface area (Å²) in [4.78, 5) is 10.5. The van der Waals surface area contributed by atoms with E-state index in [-0.39, 0.29) is 12.7 Å². The van der Waals surface area contributed by atoms with Gasteiger partial charge in [0.15, 0.2) is 6.61 Å². The van der Waals surface area contributed by atoms with Crippen LogP contribution in [0.5, 0.6) is 11.5 Å². The minimum Gasteiger partial charge on any atom is -0.490 e. The van der Waals surface area contributed by atoms with Gasteiger partial charge in [-0.25, -0.2) is 4.79 Å². The Morgan fingerprint density at radius 1 is 1.07 bits per heavy atom. The van der Waals surface area contributed by atoms with Crippen molar-refractivity contribution in [3.63, 3.8) is 0 Å². The molecule has 0 aromatic heterocycles. The molecule has 1 aliphatic rings. The van der Waals surface area contributed by atoms with Crippen molar-refractivity contribution >= 4 is 5.97 Å². The normalized spacial score (nSPS) is 16.5. The van der Waals surface area contributed by atoms with Crippen LogP contribution in [-0.4, -0.2) is 24.3 Å². The molecule has 1 atom stereocenters. The molecule has 1 N–H and O–H groups in total. The predicted octanol–water partition coefficient (Wildman–Crippen LogP) is 4.98. The fourth-order valence-corrected chi connectivity index (χ4v) is 2.89. The summed E-state index contributed by atoms with van der Waals surface area (Å²) in [6.45, 7) is 1.65. The Morgan fingerprint density at radius 2 is 1.66 bits per heavy atom. The molecule has 0 radical (unpaired) electrons. The SMILES string of the molecule is CC1=C(COc2ccc(OCC(=O)O)cc2)CC(c2ccc(C(F)(F)F)cc2)O1. The number of ether oxygens (including phenoxy) is 3. The van der Waals surface area contributed by atoms with E-state index in [0.29, 0.717) is 29.2 Å². The van der Waals surface area contributed by atoms with Crippen LogP contribution < -0.4 is 9.47 Å². The average molecular weight is 408 g/mol. The lowest BCUT2D eigenvalue weighted by atomic mass is 10.0. The standard InChI is InChI=1S/C21H19F3O5/c1-13-15(11-27-17-6-8-18(9-7-17)28-12-20(25)26)10-19(29-13)14-2-4-16(5-3-14)21(22,23)24/h2-9,19H,10-12H2,1H3,(H,25,26). The average Bonchev–Trinajstić information content (AvgIpc) is 3.05. The first-order valence-corrected chi connectivity index (χ1v) is 8.82. The van der Waals surface area contributed by atoms with Gasteiger partial charge in [0.2, 0.25) is 0 Å². The van der Waals surface area contributed by atoms with Crippen LogP contribution in [0.25, 0.3) is 0 Å². The van der Waals surface area contributed by atoms with Gasteiger partial charge in [0.1, 0.15) is 24.2 Å². The van der Waals surface area contributed by atoms with Gasteiger partial charge in [-0.05, 0) is 48.9 Å². The number of allylic oxidation sites excluding steroid dienone is 1. The topological polar surface area (TPSA) is 65.0 Å². The van der Waals surface area contributed by atoms with Crippen molar-refractivity contribution in [1.29, 1.82) is 0 Å². The van der Waals surface area contributed by atoms with Crippen molar-refractivity contribution in [1.82, 2.24) is 0 Å². The fraction of sp³-hybridized carbons (Fsp3) is 0.286. The van der Waals surface area contributed by atoms with Crippen molar-refractivity contribution in [2.75, 3.05) is 13.2 Å². The van der Waals surface area contributed by atoms with Crippen LogP contribution in [0.1, 0.15) is 30.6 Å². The molecule has 0 aliphatic carbocycles. The first kappa shape index (κ1) is 20.6. The summed E-state index contributed by atoms with van der Waals surface area (Å²) < 4.78 is 54.7. The van der Waals surface area contributed by atoms with Gasteiger partial charge in [-0.3, -0.25) is 0 Å². The lowest BCUT2D eigenvalue weighted by molar-refractivity contribution is -0.139. The Balaban J connectivity index is 1.54. The molecule has 1 unspecified atom stereocenters. The zero-order valence-corrected chi connectivity index (χ0v) is 15.5. The molecule has 8 heteroatoms. The number of hydrogen-bond acceptors (Lipinski definition) is 4. The van der Waals surface area contributed by atoms with E-state index in [9.17, 15) is 18.0 Å². The Hall–Kier alpha value is -3.16. The maximum atomic E-state index is 12.7. The van der Waals surface area contributed by atoms with Gasteiger partial charge < -0.3 is 19.3 Å². The van der Waals surface area contributed by atoms with Gasteiger partial charge in [-0.15, -0.1) is 0 Å². The molecule has 0 spiro atoms. The molecule has 0 bridgehead atoms. The number of alkyl halides is 3. The summed E-state index contributed by atoms with van der Waals surface area (Å²) in [5.41, 5.74) is 0.900. The van der Waals surface area contributed by atoms with E-state index in [1.807, 2.05) is 0 Å². The van der Waals surface area contributed by atoms with Gasteiger partial charge in [0, 0.05) is 12.0 Å². The number of carbonyl (C=O) groups is 1. The number of benzene rings is 2. The Bertz CT molecular complexity index is 886. The van der Waals surface area contributed by atoms with E-state index in [2.05, 4.69) is 0 Å². The molecule has 5 nitrogen and oxygen atoms in total. The van der Waals surface area contributed by atoms with E-state index in [1.165, 1.54) is 12.1 Å². The lowest BCUT2D eigenvalue weighted by Crippen LogP contribution is -2.09. The molecular weight excluding hydrogens is 389 g/mol. The van der Waals surface area contributed by atoms with Gasteiger partial charge >= 0.3 is 12.1 Å². The van der Waals surface area contributed by atoms with E-state index in [4.69, 9.17) is 19.3 Å². The highest BCUT2D eigenvalue weighted by atomic mass is 19.4. The Kier molecular flexibility index (Phi) is 6.00. The maximum absolute atomic E-state index is 12.7. The largest absolute Gasteiger partial charge is 0.490 e. The highest BCUT2D eigenvalue weighted by Gasteiger charge is 2.31. The third kappa shape index (κ3) is 5.43. The molecule has 0 amide bonds. The summed E-state index contributed by atoms with van der Waals surface area (Å²) in [5.74, 6) is 0.626. The van der Waals surface area contributed by atoms with Gasteiger partial charge in [0.05, 0.1) is 11.3 Å². The lowest BCUT2D eigenvalue weighted by Gasteiger charge is -2.13. The first-order chi connectivity index (χ1) is 13.7. The van der Waals surface area contributed by atoms with Gasteiger partial charge in [0.25, 0.3) is 0 Å². The number of rotatable bonds is 7. The molecule has 29 heavy (non-hydrogen) atoms. The van der Waals surface area contributed by atoms with Crippen molar-refractivity contribution in [3.05, 3.63) is 71.0 Å². The molecule has 1 heterocycles. The second-order valence-corrected chi connectivity index (χ2v) is 6.53. The highest BCUT2D eigenvalue weighted by molar-refractivity contribution is 5.68. The van der Waals surface area contributed by atoms with Gasteiger partial charge in [-0.2, -0.15) is 13.2 Å². The number of aliphatic carboxylic acids is 1. The Morgan fingerprint density at radius 3 is 2.21 bits per heavy atom. The van der Waals surface area contributed by atoms with E-state index < -0.39 is 24.3 Å². The van der Waals surface area contributed by atoms with Crippen LogP contribution in [0.4, 0.5) is 13.2 Å². The second-order valence-electron chi connectivity index (χ2n) is 6.53. The fourth-order valence-electron chi connectivity index (χ4n) is 2.89. The predicted molar refractivity (Wildman–Crippen MR) is 97.7 cm³/mol. The van der Waals surface area contributed by atoms with Crippen molar-refractivity contribution < 1.29 is 37.3 Å². The molecule has 0 saturated heterocycles.